The maximum absolute atomic E-state index is 13.6. The Balaban J connectivity index is 1.51. The highest BCUT2D eigenvalue weighted by atomic mass is 19.1. The summed E-state index contributed by atoms with van der Waals surface area (Å²) in [6, 6.07) is 13.2. The molecule has 0 aliphatic heterocycles. The van der Waals surface area contributed by atoms with Crippen LogP contribution < -0.4 is 5.32 Å². The van der Waals surface area contributed by atoms with Crippen molar-refractivity contribution in [1.82, 2.24) is 20.2 Å². The summed E-state index contributed by atoms with van der Waals surface area (Å²) < 4.78 is 13.6. The SMILES string of the molecule is CN(Cc1cnc2ccccc2n1)C(=O)CCNC(=O)c1ccccc1F. The molecular weight excluding hydrogens is 347 g/mol. The highest BCUT2D eigenvalue weighted by molar-refractivity contribution is 5.94. The fraction of sp³-hybridized carbons (Fsp3) is 0.200. The van der Waals surface area contributed by atoms with Crippen molar-refractivity contribution in [1.29, 1.82) is 0 Å². The highest BCUT2D eigenvalue weighted by Crippen LogP contribution is 2.10. The lowest BCUT2D eigenvalue weighted by molar-refractivity contribution is -0.130. The number of amides is 2. The van der Waals surface area contributed by atoms with Gasteiger partial charge in [-0.2, -0.15) is 0 Å². The van der Waals surface area contributed by atoms with Crippen LogP contribution in [0.15, 0.2) is 54.7 Å². The summed E-state index contributed by atoms with van der Waals surface area (Å²) in [5, 5.41) is 2.56. The van der Waals surface area contributed by atoms with E-state index in [0.29, 0.717) is 12.2 Å². The first kappa shape index (κ1) is 18.4. The van der Waals surface area contributed by atoms with Gasteiger partial charge in [0.2, 0.25) is 5.91 Å². The maximum atomic E-state index is 13.6. The van der Waals surface area contributed by atoms with Gasteiger partial charge in [0.15, 0.2) is 0 Å². The Hall–Kier alpha value is -3.35. The number of carbonyl (C=O) groups is 2. The van der Waals surface area contributed by atoms with Crippen LogP contribution in [0.25, 0.3) is 11.0 Å². The third-order valence-electron chi connectivity index (χ3n) is 4.07. The molecule has 27 heavy (non-hydrogen) atoms. The number of benzene rings is 2. The van der Waals surface area contributed by atoms with Gasteiger partial charge in [-0.1, -0.05) is 24.3 Å². The van der Waals surface area contributed by atoms with E-state index in [-0.39, 0.29) is 24.4 Å². The predicted molar refractivity (Wildman–Crippen MR) is 99.4 cm³/mol. The number of hydrogen-bond donors (Lipinski definition) is 1. The summed E-state index contributed by atoms with van der Waals surface area (Å²) in [6.07, 6.45) is 1.75. The van der Waals surface area contributed by atoms with E-state index in [0.717, 1.165) is 11.0 Å². The minimum absolute atomic E-state index is 0.0373. The smallest absolute Gasteiger partial charge is 0.254 e. The number of hydrogen-bond acceptors (Lipinski definition) is 4. The Morgan fingerprint density at radius 3 is 2.56 bits per heavy atom. The number of nitrogens with one attached hydrogen (secondary N) is 1. The number of rotatable bonds is 6. The zero-order valence-electron chi connectivity index (χ0n) is 14.9. The van der Waals surface area contributed by atoms with E-state index in [1.165, 1.54) is 23.1 Å². The fourth-order valence-corrected chi connectivity index (χ4v) is 2.62. The summed E-state index contributed by atoms with van der Waals surface area (Å²) in [5.74, 6) is -1.28. The van der Waals surface area contributed by atoms with E-state index < -0.39 is 11.7 Å². The lowest BCUT2D eigenvalue weighted by Crippen LogP contribution is -2.32. The Kier molecular flexibility index (Phi) is 5.71. The quantitative estimate of drug-likeness (QED) is 0.727. The minimum atomic E-state index is -0.590. The molecule has 7 heteroatoms. The maximum Gasteiger partial charge on any atom is 0.254 e. The van der Waals surface area contributed by atoms with Gasteiger partial charge in [0.05, 0.1) is 35.0 Å². The van der Waals surface area contributed by atoms with Crippen LogP contribution in [0.1, 0.15) is 22.5 Å². The molecular formula is C20H19FN4O2. The largest absolute Gasteiger partial charge is 0.351 e. The van der Waals surface area contributed by atoms with Crippen LogP contribution in [-0.2, 0) is 11.3 Å². The van der Waals surface area contributed by atoms with Crippen LogP contribution in [0.4, 0.5) is 4.39 Å². The molecule has 0 radical (unpaired) electrons. The van der Waals surface area contributed by atoms with Crippen molar-refractivity contribution < 1.29 is 14.0 Å². The van der Waals surface area contributed by atoms with Crippen molar-refractivity contribution >= 4 is 22.8 Å². The molecule has 6 nitrogen and oxygen atoms in total. The summed E-state index contributed by atoms with van der Waals surface area (Å²) in [7, 11) is 1.66. The Labute approximate surface area is 156 Å². The number of aromatic nitrogens is 2. The Bertz CT molecular complexity index is 977. The normalized spacial score (nSPS) is 10.6. The highest BCUT2D eigenvalue weighted by Gasteiger charge is 2.13. The van der Waals surface area contributed by atoms with E-state index in [2.05, 4.69) is 15.3 Å². The second kappa shape index (κ2) is 8.35. The second-order valence-electron chi connectivity index (χ2n) is 6.09. The molecule has 0 spiro atoms. The fourth-order valence-electron chi connectivity index (χ4n) is 2.62. The average Bonchev–Trinajstić information content (AvgIpc) is 2.68. The Morgan fingerprint density at radius 1 is 1.07 bits per heavy atom. The molecule has 2 aromatic carbocycles. The molecule has 0 fully saturated rings. The monoisotopic (exact) mass is 366 g/mol. The van der Waals surface area contributed by atoms with E-state index in [9.17, 15) is 14.0 Å². The topological polar surface area (TPSA) is 75.2 Å². The van der Waals surface area contributed by atoms with Gasteiger partial charge in [-0.25, -0.2) is 9.37 Å². The number of carbonyl (C=O) groups excluding carboxylic acids is 2. The summed E-state index contributed by atoms with van der Waals surface area (Å²) in [5.41, 5.74) is 2.21. The zero-order valence-corrected chi connectivity index (χ0v) is 14.9. The molecule has 3 rings (SSSR count). The molecule has 0 aliphatic carbocycles. The van der Waals surface area contributed by atoms with Crippen molar-refractivity contribution in [3.8, 4) is 0 Å². The summed E-state index contributed by atoms with van der Waals surface area (Å²) in [4.78, 5) is 34.5. The molecule has 0 atom stereocenters. The van der Waals surface area contributed by atoms with E-state index in [4.69, 9.17) is 0 Å². The second-order valence-corrected chi connectivity index (χ2v) is 6.09. The minimum Gasteiger partial charge on any atom is -0.351 e. The molecule has 1 heterocycles. The molecule has 0 saturated heterocycles. The van der Waals surface area contributed by atoms with Gasteiger partial charge < -0.3 is 10.2 Å². The standard InChI is InChI=1S/C20H19FN4O2/c1-25(13-14-12-23-17-8-4-5-9-18(17)24-14)19(26)10-11-22-20(27)15-6-2-3-7-16(15)21/h2-9,12H,10-11,13H2,1H3,(H,22,27). The van der Waals surface area contributed by atoms with Gasteiger partial charge in [0.25, 0.3) is 5.91 Å². The van der Waals surface area contributed by atoms with Crippen LogP contribution in [0.3, 0.4) is 0 Å². The lowest BCUT2D eigenvalue weighted by Gasteiger charge is -2.17. The molecule has 138 valence electrons. The average molecular weight is 366 g/mol. The Morgan fingerprint density at radius 2 is 1.78 bits per heavy atom. The van der Waals surface area contributed by atoms with Crippen molar-refractivity contribution in [2.24, 2.45) is 0 Å². The third-order valence-corrected chi connectivity index (χ3v) is 4.07. The first-order valence-corrected chi connectivity index (χ1v) is 8.52. The van der Waals surface area contributed by atoms with Crippen LogP contribution in [0.5, 0.6) is 0 Å². The third kappa shape index (κ3) is 4.63. The number of halogens is 1. The van der Waals surface area contributed by atoms with Gasteiger partial charge in [0.1, 0.15) is 5.82 Å². The first-order valence-electron chi connectivity index (χ1n) is 8.52. The summed E-state index contributed by atoms with van der Waals surface area (Å²) in [6.45, 7) is 0.442. The van der Waals surface area contributed by atoms with Gasteiger partial charge >= 0.3 is 0 Å². The lowest BCUT2D eigenvalue weighted by atomic mass is 10.2. The van der Waals surface area contributed by atoms with Crippen LogP contribution in [0, 0.1) is 5.82 Å². The number of nitrogens with zero attached hydrogens (tertiary/aromatic N) is 3. The van der Waals surface area contributed by atoms with Crippen LogP contribution >= 0.6 is 0 Å². The number of para-hydroxylation sites is 2. The van der Waals surface area contributed by atoms with Crippen molar-refractivity contribution in [3.05, 3.63) is 71.8 Å². The van der Waals surface area contributed by atoms with Crippen LogP contribution in [-0.4, -0.2) is 40.3 Å². The molecule has 2 amide bonds. The molecule has 0 bridgehead atoms. The zero-order chi connectivity index (χ0) is 19.2. The summed E-state index contributed by atoms with van der Waals surface area (Å²) >= 11 is 0. The van der Waals surface area contributed by atoms with Crippen molar-refractivity contribution in [2.75, 3.05) is 13.6 Å². The van der Waals surface area contributed by atoms with Gasteiger partial charge in [-0.05, 0) is 24.3 Å². The van der Waals surface area contributed by atoms with E-state index in [1.54, 1.807) is 19.3 Å². The van der Waals surface area contributed by atoms with Crippen LogP contribution in [0.2, 0.25) is 0 Å². The van der Waals surface area contributed by atoms with Crippen molar-refractivity contribution in [2.45, 2.75) is 13.0 Å². The molecule has 0 saturated carbocycles. The van der Waals surface area contributed by atoms with E-state index in [1.807, 2.05) is 24.3 Å². The predicted octanol–water partition coefficient (Wildman–Crippen LogP) is 2.55. The van der Waals surface area contributed by atoms with Gasteiger partial charge in [-0.15, -0.1) is 0 Å². The first-order chi connectivity index (χ1) is 13.0. The molecule has 0 unspecified atom stereocenters. The van der Waals surface area contributed by atoms with E-state index >= 15 is 0 Å². The molecule has 0 aliphatic rings. The van der Waals surface area contributed by atoms with Gasteiger partial charge in [0, 0.05) is 20.0 Å². The molecule has 3 aromatic rings. The molecule has 1 N–H and O–H groups in total. The molecule has 1 aromatic heterocycles. The van der Waals surface area contributed by atoms with Gasteiger partial charge in [-0.3, -0.25) is 14.6 Å². The number of fused-ring (bicyclic) bond motifs is 1. The van der Waals surface area contributed by atoms with Crippen molar-refractivity contribution in [3.63, 3.8) is 0 Å².